The fourth-order valence-corrected chi connectivity index (χ4v) is 3.66. The third kappa shape index (κ3) is 5.02. The highest BCUT2D eigenvalue weighted by molar-refractivity contribution is 5.85. The third-order valence-corrected chi connectivity index (χ3v) is 5.17. The van der Waals surface area contributed by atoms with E-state index in [-0.39, 0.29) is 18.4 Å². The maximum Gasteiger partial charge on any atom is 0.0970 e. The number of halogens is 1. The van der Waals surface area contributed by atoms with Crippen LogP contribution in [0.2, 0.25) is 0 Å². The molecule has 3 aromatic carbocycles. The van der Waals surface area contributed by atoms with E-state index in [9.17, 15) is 0 Å². The normalized spacial score (nSPS) is 14.9. The van der Waals surface area contributed by atoms with Gasteiger partial charge >= 0.3 is 0 Å². The third-order valence-electron chi connectivity index (χ3n) is 5.17. The summed E-state index contributed by atoms with van der Waals surface area (Å²) in [5, 5.41) is 3.74. The van der Waals surface area contributed by atoms with Crippen LogP contribution in [0, 0.1) is 0 Å². The molecule has 0 amide bonds. The smallest absolute Gasteiger partial charge is 0.0970 e. The van der Waals surface area contributed by atoms with Crippen LogP contribution in [0.3, 0.4) is 0 Å². The van der Waals surface area contributed by atoms with Gasteiger partial charge in [0.2, 0.25) is 0 Å². The molecule has 1 N–H and O–H groups in total. The molecule has 0 saturated heterocycles. The Bertz CT molecular complexity index is 873. The number of nitrogens with zero attached hydrogens (tertiary/aromatic N) is 1. The van der Waals surface area contributed by atoms with Gasteiger partial charge in [-0.15, -0.1) is 12.4 Å². The fourth-order valence-electron chi connectivity index (χ4n) is 3.66. The van der Waals surface area contributed by atoms with Crippen LogP contribution in [0.5, 0.6) is 0 Å². The number of nitrogens with one attached hydrogen (secondary N) is 1. The van der Waals surface area contributed by atoms with Gasteiger partial charge in [0.15, 0.2) is 0 Å². The van der Waals surface area contributed by atoms with Crippen molar-refractivity contribution >= 4 is 18.2 Å². The molecular weight excluding hydrogens is 364 g/mol. The Morgan fingerprint density at radius 2 is 1.25 bits per heavy atom. The molecule has 0 fully saturated rings. The molecule has 1 aliphatic rings. The first-order chi connectivity index (χ1) is 13.4. The lowest BCUT2D eigenvalue weighted by Gasteiger charge is -2.22. The molecule has 3 aromatic rings. The van der Waals surface area contributed by atoms with Crippen LogP contribution in [-0.4, -0.2) is 12.4 Å². The Hall–Kier alpha value is -2.58. The summed E-state index contributed by atoms with van der Waals surface area (Å²) in [7, 11) is 0. The van der Waals surface area contributed by atoms with Gasteiger partial charge in [0.25, 0.3) is 0 Å². The van der Waals surface area contributed by atoms with Crippen LogP contribution >= 0.6 is 12.4 Å². The molecule has 0 aliphatic carbocycles. The Kier molecular flexibility index (Phi) is 7.27. The molecule has 1 atom stereocenters. The molecule has 4 rings (SSSR count). The number of benzene rings is 3. The predicted molar refractivity (Wildman–Crippen MR) is 121 cm³/mol. The minimum absolute atomic E-state index is 0. The topological polar surface area (TPSA) is 24.4 Å². The first-order valence-electron chi connectivity index (χ1n) is 9.90. The van der Waals surface area contributed by atoms with Crippen LogP contribution < -0.4 is 5.32 Å². The summed E-state index contributed by atoms with van der Waals surface area (Å²) in [6.45, 7) is 0.941. The molecule has 0 saturated carbocycles. The average Bonchev–Trinajstić information content (AvgIpc) is 3.02. The van der Waals surface area contributed by atoms with Gasteiger partial charge in [-0.05, 0) is 35.1 Å². The second-order valence-electron chi connectivity index (χ2n) is 7.12. The van der Waals surface area contributed by atoms with Crippen molar-refractivity contribution < 1.29 is 0 Å². The Morgan fingerprint density at radius 3 is 1.96 bits per heavy atom. The number of rotatable bonds is 4. The van der Waals surface area contributed by atoms with E-state index in [4.69, 9.17) is 4.99 Å². The standard InChI is InChI=1S/C25H26N2.ClH/c1-4-10-20(11-5-1)21-15-17-23(18-16-21)25(22-12-6-2-7-13-22)27-24-14-8-3-9-19-26-24;/h1-2,4-7,10-13,15-18,25H,3,8-9,14,19H2,(H,26,27);1H. The van der Waals surface area contributed by atoms with Crippen molar-refractivity contribution in [2.24, 2.45) is 4.99 Å². The minimum Gasteiger partial charge on any atom is -0.363 e. The van der Waals surface area contributed by atoms with Crippen LogP contribution in [-0.2, 0) is 0 Å². The molecule has 0 radical (unpaired) electrons. The van der Waals surface area contributed by atoms with E-state index in [2.05, 4.69) is 90.2 Å². The number of aliphatic imine (C=N–C) groups is 1. The van der Waals surface area contributed by atoms with Crippen LogP contribution in [0.15, 0.2) is 89.9 Å². The lowest BCUT2D eigenvalue weighted by molar-refractivity contribution is 0.717. The van der Waals surface area contributed by atoms with E-state index in [1.165, 1.54) is 41.5 Å². The molecule has 0 bridgehead atoms. The van der Waals surface area contributed by atoms with Crippen molar-refractivity contribution in [1.29, 1.82) is 0 Å². The van der Waals surface area contributed by atoms with Gasteiger partial charge in [-0.25, -0.2) is 0 Å². The highest BCUT2D eigenvalue weighted by Gasteiger charge is 2.16. The van der Waals surface area contributed by atoms with Crippen LogP contribution in [0.25, 0.3) is 11.1 Å². The second-order valence-corrected chi connectivity index (χ2v) is 7.12. The van der Waals surface area contributed by atoms with Gasteiger partial charge in [-0.3, -0.25) is 4.99 Å². The van der Waals surface area contributed by atoms with Crippen molar-refractivity contribution in [3.8, 4) is 11.1 Å². The highest BCUT2D eigenvalue weighted by atomic mass is 35.5. The summed E-state index contributed by atoms with van der Waals surface area (Å²) in [5.74, 6) is 1.15. The summed E-state index contributed by atoms with van der Waals surface area (Å²) < 4.78 is 0. The van der Waals surface area contributed by atoms with E-state index < -0.39 is 0 Å². The van der Waals surface area contributed by atoms with Crippen molar-refractivity contribution in [2.75, 3.05) is 6.54 Å². The minimum atomic E-state index is 0. The molecule has 2 nitrogen and oxygen atoms in total. The lowest BCUT2D eigenvalue weighted by atomic mass is 9.96. The van der Waals surface area contributed by atoms with Crippen molar-refractivity contribution in [3.63, 3.8) is 0 Å². The molecule has 0 aromatic heterocycles. The quantitative estimate of drug-likeness (QED) is 0.545. The molecule has 1 heterocycles. The van der Waals surface area contributed by atoms with E-state index in [0.717, 1.165) is 18.8 Å². The molecule has 0 spiro atoms. The molecule has 1 aliphatic heterocycles. The largest absolute Gasteiger partial charge is 0.363 e. The molecular formula is C25H27ClN2. The zero-order valence-electron chi connectivity index (χ0n) is 16.1. The van der Waals surface area contributed by atoms with Gasteiger partial charge in [0, 0.05) is 13.0 Å². The van der Waals surface area contributed by atoms with Gasteiger partial charge in [-0.2, -0.15) is 0 Å². The lowest BCUT2D eigenvalue weighted by Crippen LogP contribution is -2.29. The summed E-state index contributed by atoms with van der Waals surface area (Å²) >= 11 is 0. The van der Waals surface area contributed by atoms with Crippen molar-refractivity contribution in [3.05, 3.63) is 96.1 Å². The van der Waals surface area contributed by atoms with Crippen LogP contribution in [0.1, 0.15) is 42.9 Å². The second kappa shape index (κ2) is 10.1. The first kappa shape index (κ1) is 20.2. The van der Waals surface area contributed by atoms with Gasteiger partial charge in [0.1, 0.15) is 0 Å². The summed E-state index contributed by atoms with van der Waals surface area (Å²) in [6.07, 6.45) is 4.75. The number of hydrogen-bond donors (Lipinski definition) is 1. The van der Waals surface area contributed by atoms with Gasteiger partial charge < -0.3 is 5.32 Å². The Morgan fingerprint density at radius 1 is 0.643 bits per heavy atom. The number of amidine groups is 1. The first-order valence-corrected chi connectivity index (χ1v) is 9.90. The Labute approximate surface area is 174 Å². The highest BCUT2D eigenvalue weighted by Crippen LogP contribution is 2.26. The van der Waals surface area contributed by atoms with Gasteiger partial charge in [-0.1, -0.05) is 91.3 Å². The maximum atomic E-state index is 4.78. The van der Waals surface area contributed by atoms with E-state index in [1.54, 1.807) is 0 Å². The SMILES string of the molecule is Cl.c1ccc(-c2ccc(C(NC3=NCCCCC3)c3ccccc3)cc2)cc1. The van der Waals surface area contributed by atoms with Crippen molar-refractivity contribution in [1.82, 2.24) is 5.32 Å². The van der Waals surface area contributed by atoms with Gasteiger partial charge in [0.05, 0.1) is 11.9 Å². The van der Waals surface area contributed by atoms with Crippen LogP contribution in [0.4, 0.5) is 0 Å². The zero-order valence-corrected chi connectivity index (χ0v) is 16.9. The summed E-state index contributed by atoms with van der Waals surface area (Å²) in [4.78, 5) is 4.78. The molecule has 3 heteroatoms. The molecule has 28 heavy (non-hydrogen) atoms. The van der Waals surface area contributed by atoms with E-state index in [0.29, 0.717) is 0 Å². The molecule has 144 valence electrons. The summed E-state index contributed by atoms with van der Waals surface area (Å²) in [5.41, 5.74) is 5.05. The summed E-state index contributed by atoms with van der Waals surface area (Å²) in [6, 6.07) is 30.3. The average molecular weight is 391 g/mol. The van der Waals surface area contributed by atoms with E-state index >= 15 is 0 Å². The predicted octanol–water partition coefficient (Wildman–Crippen LogP) is 6.43. The Balaban J connectivity index is 0.00000225. The fraction of sp³-hybridized carbons (Fsp3) is 0.240. The maximum absolute atomic E-state index is 4.78. The zero-order chi connectivity index (χ0) is 18.3. The number of hydrogen-bond acceptors (Lipinski definition) is 2. The molecule has 1 unspecified atom stereocenters. The van der Waals surface area contributed by atoms with E-state index in [1.807, 2.05) is 0 Å². The monoisotopic (exact) mass is 390 g/mol. The van der Waals surface area contributed by atoms with Crippen molar-refractivity contribution in [2.45, 2.75) is 31.7 Å².